The lowest BCUT2D eigenvalue weighted by atomic mass is 10.2. The van der Waals surface area contributed by atoms with E-state index < -0.39 is 86.3 Å². The number of sulfonamides is 1. The summed E-state index contributed by atoms with van der Waals surface area (Å²) in [5.74, 6) is -13.6. The first-order valence-corrected chi connectivity index (χ1v) is 13.6. The number of hydrogen-bond acceptors (Lipinski definition) is 7. The molecule has 0 saturated heterocycles. The van der Waals surface area contributed by atoms with Gasteiger partial charge in [-0.25, -0.2) is 40.0 Å². The monoisotopic (exact) mass is 621 g/mol. The molecule has 0 aliphatic carbocycles. The number of ether oxygens (including phenoxy) is 3. The predicted octanol–water partition coefficient (Wildman–Crippen LogP) is 6.28. The highest BCUT2D eigenvalue weighted by Crippen LogP contribution is 2.35. The fourth-order valence-corrected chi connectivity index (χ4v) is 5.39. The van der Waals surface area contributed by atoms with Crippen molar-refractivity contribution in [2.24, 2.45) is 0 Å². The molecule has 43 heavy (non-hydrogen) atoms. The number of carbonyl (C=O) groups excluding carboxylic acids is 2. The highest BCUT2D eigenvalue weighted by Gasteiger charge is 2.43. The van der Waals surface area contributed by atoms with Crippen LogP contribution < -0.4 is 9.04 Å². The molecule has 0 unspecified atom stereocenters. The Morgan fingerprint density at radius 3 is 1.79 bits per heavy atom. The summed E-state index contributed by atoms with van der Waals surface area (Å²) < 4.78 is 116. The summed E-state index contributed by atoms with van der Waals surface area (Å²) in [5.41, 5.74) is -2.03. The maximum absolute atomic E-state index is 15.3. The van der Waals surface area contributed by atoms with Crippen molar-refractivity contribution in [1.82, 2.24) is 0 Å². The van der Waals surface area contributed by atoms with Crippen LogP contribution in [0.5, 0.6) is 5.75 Å². The number of methoxy groups -OCH3 is 1. The minimum Gasteiger partial charge on any atom is -0.494 e. The maximum Gasteiger partial charge on any atom is 0.428 e. The Morgan fingerprint density at radius 2 is 1.26 bits per heavy atom. The van der Waals surface area contributed by atoms with Crippen LogP contribution in [0.25, 0.3) is 0 Å². The summed E-state index contributed by atoms with van der Waals surface area (Å²) in [6.07, 6.45) is -1.79. The molecule has 0 atom stereocenters. The quantitative estimate of drug-likeness (QED) is 0.0939. The number of carbonyl (C=O) groups is 2. The fourth-order valence-electron chi connectivity index (χ4n) is 3.82. The van der Waals surface area contributed by atoms with Crippen molar-refractivity contribution >= 4 is 27.8 Å². The van der Waals surface area contributed by atoms with E-state index in [0.717, 1.165) is 19.2 Å². The number of nitrogens with zero attached hydrogens (tertiary/aromatic N) is 1. The summed E-state index contributed by atoms with van der Waals surface area (Å²) in [6, 6.07) is 17.6. The fraction of sp³-hybridized carbons (Fsp3) is 0.103. The topological polar surface area (TPSA) is 99.2 Å². The molecular formula is C29H20F5NO7S. The number of amides is 1. The average Bonchev–Trinajstić information content (AvgIpc) is 3.00. The third kappa shape index (κ3) is 6.43. The first-order valence-electron chi connectivity index (χ1n) is 12.1. The average molecular weight is 622 g/mol. The Kier molecular flexibility index (Phi) is 9.29. The molecular weight excluding hydrogens is 601 g/mol. The molecule has 0 heterocycles. The van der Waals surface area contributed by atoms with Crippen LogP contribution in [0, 0.1) is 29.1 Å². The van der Waals surface area contributed by atoms with Crippen molar-refractivity contribution in [1.29, 1.82) is 0 Å². The van der Waals surface area contributed by atoms with Gasteiger partial charge in [0.1, 0.15) is 23.7 Å². The van der Waals surface area contributed by atoms with Gasteiger partial charge in [0, 0.05) is 6.07 Å². The van der Waals surface area contributed by atoms with E-state index >= 15 is 8.78 Å². The Morgan fingerprint density at radius 1 is 0.721 bits per heavy atom. The molecule has 0 N–H and O–H groups in total. The number of anilines is 1. The summed E-state index contributed by atoms with van der Waals surface area (Å²) >= 11 is 0. The molecule has 0 fully saturated rings. The van der Waals surface area contributed by atoms with Crippen LogP contribution in [0.3, 0.4) is 0 Å². The standard InChI is InChI=1S/C29H20F5NO7S/c1-40-21-13-12-19(14-20(21)30)35(29(37)42-16-18-10-6-3-7-11-18)43(38,39)27-22(23(31)24(32)25(33)26(27)34)28(36)41-15-17-8-4-2-5-9-17/h2-14H,15-16H2,1H3. The third-order valence-electron chi connectivity index (χ3n) is 5.88. The lowest BCUT2D eigenvalue weighted by molar-refractivity contribution is 0.0458. The molecule has 0 aliphatic rings. The first-order chi connectivity index (χ1) is 20.5. The van der Waals surface area contributed by atoms with Gasteiger partial charge < -0.3 is 14.2 Å². The van der Waals surface area contributed by atoms with Gasteiger partial charge in [0.05, 0.1) is 12.8 Å². The van der Waals surface area contributed by atoms with Crippen LogP contribution in [0.2, 0.25) is 0 Å². The van der Waals surface area contributed by atoms with Gasteiger partial charge in [-0.05, 0) is 23.3 Å². The van der Waals surface area contributed by atoms with Gasteiger partial charge in [-0.2, -0.15) is 4.31 Å². The minimum absolute atomic E-state index is 0.323. The summed E-state index contributed by atoms with van der Waals surface area (Å²) in [5, 5.41) is 0. The Hall–Kier alpha value is -4.98. The largest absolute Gasteiger partial charge is 0.494 e. The van der Waals surface area contributed by atoms with Crippen LogP contribution in [0.1, 0.15) is 21.5 Å². The molecule has 1 amide bonds. The lowest BCUT2D eigenvalue weighted by Crippen LogP contribution is -2.39. The Labute approximate surface area is 241 Å². The van der Waals surface area contributed by atoms with Gasteiger partial charge in [0.2, 0.25) is 0 Å². The van der Waals surface area contributed by atoms with E-state index in [2.05, 4.69) is 0 Å². The lowest BCUT2D eigenvalue weighted by Gasteiger charge is -2.24. The second-order valence-electron chi connectivity index (χ2n) is 8.65. The van der Waals surface area contributed by atoms with Crippen LogP contribution in [0.15, 0.2) is 83.8 Å². The molecule has 4 aromatic rings. The van der Waals surface area contributed by atoms with Gasteiger partial charge in [0.25, 0.3) is 10.0 Å². The molecule has 4 aromatic carbocycles. The van der Waals surface area contributed by atoms with Crippen molar-refractivity contribution in [3.63, 3.8) is 0 Å². The molecule has 0 saturated carbocycles. The normalized spacial score (nSPS) is 11.1. The number of hydrogen-bond donors (Lipinski definition) is 0. The molecule has 0 bridgehead atoms. The third-order valence-corrected chi connectivity index (χ3v) is 7.62. The predicted molar refractivity (Wildman–Crippen MR) is 141 cm³/mol. The van der Waals surface area contributed by atoms with Crippen molar-refractivity contribution < 1.29 is 54.2 Å². The number of benzene rings is 4. The zero-order valence-corrected chi connectivity index (χ0v) is 22.8. The molecule has 224 valence electrons. The van der Waals surface area contributed by atoms with E-state index in [-0.39, 0.29) is 4.31 Å². The SMILES string of the molecule is COc1ccc(N(C(=O)OCc2ccccc2)S(=O)(=O)c2c(F)c(F)c(F)c(F)c2C(=O)OCc2ccccc2)cc1F. The van der Waals surface area contributed by atoms with Gasteiger partial charge in [-0.15, -0.1) is 0 Å². The van der Waals surface area contributed by atoms with E-state index in [1.54, 1.807) is 36.4 Å². The Bertz CT molecular complexity index is 1770. The van der Waals surface area contributed by atoms with E-state index in [1.807, 2.05) is 0 Å². The van der Waals surface area contributed by atoms with E-state index in [9.17, 15) is 31.2 Å². The number of esters is 1. The molecule has 0 aromatic heterocycles. The van der Waals surface area contributed by atoms with Crippen LogP contribution in [-0.4, -0.2) is 27.6 Å². The Balaban J connectivity index is 1.86. The van der Waals surface area contributed by atoms with E-state index in [4.69, 9.17) is 14.2 Å². The van der Waals surface area contributed by atoms with Gasteiger partial charge in [-0.1, -0.05) is 60.7 Å². The smallest absolute Gasteiger partial charge is 0.428 e. The second-order valence-corrected chi connectivity index (χ2v) is 10.4. The van der Waals surface area contributed by atoms with Gasteiger partial charge >= 0.3 is 12.1 Å². The summed E-state index contributed by atoms with van der Waals surface area (Å²) in [4.78, 5) is 24.0. The molecule has 0 aliphatic heterocycles. The van der Waals surface area contributed by atoms with Crippen molar-refractivity contribution in [2.45, 2.75) is 18.1 Å². The zero-order valence-electron chi connectivity index (χ0n) is 22.0. The summed E-state index contributed by atoms with van der Waals surface area (Å²) in [7, 11) is -4.83. The molecule has 8 nitrogen and oxygen atoms in total. The van der Waals surface area contributed by atoms with Gasteiger partial charge in [0.15, 0.2) is 34.8 Å². The summed E-state index contributed by atoms with van der Waals surface area (Å²) in [6.45, 7) is -1.16. The van der Waals surface area contributed by atoms with Crippen LogP contribution >= 0.6 is 0 Å². The van der Waals surface area contributed by atoms with E-state index in [1.165, 1.54) is 24.3 Å². The highest BCUT2D eigenvalue weighted by atomic mass is 32.2. The van der Waals surface area contributed by atoms with Crippen molar-refractivity contribution in [3.8, 4) is 5.75 Å². The number of halogens is 5. The molecule has 0 spiro atoms. The van der Waals surface area contributed by atoms with E-state index in [0.29, 0.717) is 17.2 Å². The number of rotatable bonds is 9. The van der Waals surface area contributed by atoms with Crippen molar-refractivity contribution in [3.05, 3.63) is 125 Å². The van der Waals surface area contributed by atoms with Gasteiger partial charge in [-0.3, -0.25) is 0 Å². The van der Waals surface area contributed by atoms with Crippen LogP contribution in [-0.2, 0) is 32.7 Å². The second kappa shape index (κ2) is 12.9. The highest BCUT2D eigenvalue weighted by molar-refractivity contribution is 7.93. The molecule has 0 radical (unpaired) electrons. The van der Waals surface area contributed by atoms with Crippen molar-refractivity contribution in [2.75, 3.05) is 11.4 Å². The maximum atomic E-state index is 15.3. The first kappa shape index (κ1) is 31.0. The molecule has 14 heteroatoms. The van der Waals surface area contributed by atoms with Crippen LogP contribution in [0.4, 0.5) is 32.4 Å². The molecule has 4 rings (SSSR count). The zero-order chi connectivity index (χ0) is 31.3. The minimum atomic E-state index is -5.92.